The Labute approximate surface area is 131 Å². The Morgan fingerprint density at radius 3 is 2.81 bits per heavy atom. The minimum absolute atomic E-state index is 0.118. The molecule has 0 radical (unpaired) electrons. The summed E-state index contributed by atoms with van der Waals surface area (Å²) in [4.78, 5) is 0. The van der Waals surface area contributed by atoms with Crippen LogP contribution in [0.5, 0.6) is 11.5 Å². The second-order valence-electron chi connectivity index (χ2n) is 4.96. The third kappa shape index (κ3) is 3.19. The van der Waals surface area contributed by atoms with Gasteiger partial charge in [0.15, 0.2) is 11.5 Å². The van der Waals surface area contributed by atoms with Gasteiger partial charge in [-0.2, -0.15) is 0 Å². The first-order chi connectivity index (χ1) is 10.1. The van der Waals surface area contributed by atoms with Gasteiger partial charge in [-0.3, -0.25) is 0 Å². The summed E-state index contributed by atoms with van der Waals surface area (Å²) in [5.74, 6) is 1.32. The molecule has 2 aromatic carbocycles. The average molecular weight is 352 g/mol. The molecule has 0 aromatic heterocycles. The van der Waals surface area contributed by atoms with Gasteiger partial charge in [0, 0.05) is 12.6 Å². The topological polar surface area (TPSA) is 30.5 Å². The van der Waals surface area contributed by atoms with Gasteiger partial charge < -0.3 is 14.8 Å². The molecular weight excluding hydrogens is 337 g/mol. The van der Waals surface area contributed by atoms with E-state index in [9.17, 15) is 4.39 Å². The van der Waals surface area contributed by atoms with Crippen molar-refractivity contribution in [2.45, 2.75) is 19.5 Å². The Hall–Kier alpha value is -1.59. The van der Waals surface area contributed by atoms with Crippen molar-refractivity contribution in [1.82, 2.24) is 5.32 Å². The Bertz CT molecular complexity index is 663. The van der Waals surface area contributed by atoms with E-state index in [1.807, 2.05) is 25.1 Å². The summed E-state index contributed by atoms with van der Waals surface area (Å²) in [5.41, 5.74) is 2.15. The maximum absolute atomic E-state index is 13.2. The molecule has 1 N–H and O–H groups in total. The summed E-state index contributed by atoms with van der Waals surface area (Å²) in [6, 6.07) is 11.1. The smallest absolute Gasteiger partial charge is 0.231 e. The highest BCUT2D eigenvalue weighted by Crippen LogP contribution is 2.32. The van der Waals surface area contributed by atoms with E-state index in [4.69, 9.17) is 9.47 Å². The van der Waals surface area contributed by atoms with Gasteiger partial charge in [-0.1, -0.05) is 12.1 Å². The molecule has 21 heavy (non-hydrogen) atoms. The standard InChI is InChI=1S/C16H15BrFNO2/c1-10(12-3-4-14(18)13(17)7-12)19-8-11-2-5-15-16(6-11)21-9-20-15/h2-7,10,19H,8-9H2,1H3. The molecule has 2 aromatic rings. The predicted octanol–water partition coefficient (Wildman–Crippen LogP) is 4.17. The van der Waals surface area contributed by atoms with Crippen molar-refractivity contribution in [3.8, 4) is 11.5 Å². The first kappa shape index (κ1) is 14.4. The number of rotatable bonds is 4. The molecule has 1 heterocycles. The molecule has 0 spiro atoms. The second-order valence-corrected chi connectivity index (χ2v) is 5.82. The molecule has 0 aliphatic carbocycles. The zero-order valence-electron chi connectivity index (χ0n) is 11.5. The Morgan fingerprint density at radius 1 is 1.19 bits per heavy atom. The minimum atomic E-state index is -0.248. The van der Waals surface area contributed by atoms with Crippen molar-refractivity contribution < 1.29 is 13.9 Å². The Morgan fingerprint density at radius 2 is 2.00 bits per heavy atom. The van der Waals surface area contributed by atoms with Crippen LogP contribution in [0.15, 0.2) is 40.9 Å². The number of hydrogen-bond donors (Lipinski definition) is 1. The molecule has 3 nitrogen and oxygen atoms in total. The lowest BCUT2D eigenvalue weighted by Crippen LogP contribution is -2.18. The average Bonchev–Trinajstić information content (AvgIpc) is 2.95. The van der Waals surface area contributed by atoms with Crippen molar-refractivity contribution in [1.29, 1.82) is 0 Å². The van der Waals surface area contributed by atoms with E-state index in [2.05, 4.69) is 21.2 Å². The lowest BCUT2D eigenvalue weighted by atomic mass is 10.1. The monoisotopic (exact) mass is 351 g/mol. The van der Waals surface area contributed by atoms with Crippen LogP contribution in [0.4, 0.5) is 4.39 Å². The second kappa shape index (κ2) is 6.03. The fraction of sp³-hybridized carbons (Fsp3) is 0.250. The van der Waals surface area contributed by atoms with Crippen LogP contribution < -0.4 is 14.8 Å². The molecule has 1 unspecified atom stereocenters. The van der Waals surface area contributed by atoms with Gasteiger partial charge in [0.1, 0.15) is 5.82 Å². The SMILES string of the molecule is CC(NCc1ccc2c(c1)OCO2)c1ccc(F)c(Br)c1. The van der Waals surface area contributed by atoms with Crippen LogP contribution in [-0.4, -0.2) is 6.79 Å². The van der Waals surface area contributed by atoms with Crippen molar-refractivity contribution in [3.63, 3.8) is 0 Å². The fourth-order valence-electron chi connectivity index (χ4n) is 2.22. The maximum Gasteiger partial charge on any atom is 0.231 e. The first-order valence-corrected chi connectivity index (χ1v) is 7.49. The summed E-state index contributed by atoms with van der Waals surface area (Å²) in [6.07, 6.45) is 0. The van der Waals surface area contributed by atoms with Crippen LogP contribution in [-0.2, 0) is 6.54 Å². The third-order valence-electron chi connectivity index (χ3n) is 3.49. The highest BCUT2D eigenvalue weighted by Gasteiger charge is 2.13. The minimum Gasteiger partial charge on any atom is -0.454 e. The number of benzene rings is 2. The Balaban J connectivity index is 1.65. The van der Waals surface area contributed by atoms with Crippen molar-refractivity contribution >= 4 is 15.9 Å². The third-order valence-corrected chi connectivity index (χ3v) is 4.10. The van der Waals surface area contributed by atoms with Crippen LogP contribution in [0.3, 0.4) is 0 Å². The first-order valence-electron chi connectivity index (χ1n) is 6.70. The highest BCUT2D eigenvalue weighted by atomic mass is 79.9. The van der Waals surface area contributed by atoms with Crippen molar-refractivity contribution in [3.05, 3.63) is 57.8 Å². The number of nitrogens with one attached hydrogen (secondary N) is 1. The van der Waals surface area contributed by atoms with E-state index in [0.29, 0.717) is 11.0 Å². The van der Waals surface area contributed by atoms with E-state index < -0.39 is 0 Å². The van der Waals surface area contributed by atoms with Gasteiger partial charge >= 0.3 is 0 Å². The van der Waals surface area contributed by atoms with E-state index in [0.717, 1.165) is 22.6 Å². The molecule has 0 bridgehead atoms. The van der Waals surface area contributed by atoms with Crippen molar-refractivity contribution in [2.75, 3.05) is 6.79 Å². The van der Waals surface area contributed by atoms with E-state index in [1.165, 1.54) is 6.07 Å². The number of hydrogen-bond acceptors (Lipinski definition) is 3. The summed E-state index contributed by atoms with van der Waals surface area (Å²) in [6.45, 7) is 3.03. The summed E-state index contributed by atoms with van der Waals surface area (Å²) in [7, 11) is 0. The number of fused-ring (bicyclic) bond motifs is 1. The van der Waals surface area contributed by atoms with Gasteiger partial charge in [0.05, 0.1) is 4.47 Å². The molecule has 0 saturated carbocycles. The molecular formula is C16H15BrFNO2. The maximum atomic E-state index is 13.2. The van der Waals surface area contributed by atoms with Gasteiger partial charge in [0.25, 0.3) is 0 Å². The molecule has 1 atom stereocenters. The molecule has 3 rings (SSSR count). The predicted molar refractivity (Wildman–Crippen MR) is 81.9 cm³/mol. The van der Waals surface area contributed by atoms with E-state index in [-0.39, 0.29) is 18.7 Å². The van der Waals surface area contributed by atoms with Crippen molar-refractivity contribution in [2.24, 2.45) is 0 Å². The zero-order chi connectivity index (χ0) is 14.8. The quantitative estimate of drug-likeness (QED) is 0.896. The summed E-state index contributed by atoms with van der Waals surface area (Å²) < 4.78 is 24.4. The molecule has 5 heteroatoms. The van der Waals surface area contributed by atoms with Gasteiger partial charge in [-0.05, 0) is 58.2 Å². The molecule has 0 fully saturated rings. The lowest BCUT2D eigenvalue weighted by Gasteiger charge is -2.15. The Kier molecular flexibility index (Phi) is 4.12. The molecule has 1 aliphatic heterocycles. The van der Waals surface area contributed by atoms with E-state index in [1.54, 1.807) is 12.1 Å². The van der Waals surface area contributed by atoms with Gasteiger partial charge in [-0.25, -0.2) is 4.39 Å². The van der Waals surface area contributed by atoms with Crippen LogP contribution >= 0.6 is 15.9 Å². The normalized spacial score (nSPS) is 14.2. The fourth-order valence-corrected chi connectivity index (χ4v) is 2.62. The molecule has 0 amide bonds. The largest absolute Gasteiger partial charge is 0.454 e. The zero-order valence-corrected chi connectivity index (χ0v) is 13.1. The van der Waals surface area contributed by atoms with Crippen LogP contribution in [0, 0.1) is 5.82 Å². The van der Waals surface area contributed by atoms with Crippen LogP contribution in [0.25, 0.3) is 0 Å². The summed E-state index contributed by atoms with van der Waals surface area (Å²) in [5, 5.41) is 3.41. The van der Waals surface area contributed by atoms with E-state index >= 15 is 0 Å². The highest BCUT2D eigenvalue weighted by molar-refractivity contribution is 9.10. The molecule has 1 aliphatic rings. The summed E-state index contributed by atoms with van der Waals surface area (Å²) >= 11 is 3.21. The molecule has 0 saturated heterocycles. The van der Waals surface area contributed by atoms with Crippen LogP contribution in [0.1, 0.15) is 24.1 Å². The lowest BCUT2D eigenvalue weighted by molar-refractivity contribution is 0.174. The number of halogens is 2. The van der Waals surface area contributed by atoms with Crippen LogP contribution in [0.2, 0.25) is 0 Å². The van der Waals surface area contributed by atoms with Gasteiger partial charge in [-0.15, -0.1) is 0 Å². The molecule has 110 valence electrons. The van der Waals surface area contributed by atoms with Gasteiger partial charge in [0.2, 0.25) is 6.79 Å². The number of ether oxygens (including phenoxy) is 2.